The molecule has 2 aromatic carbocycles. The van der Waals surface area contributed by atoms with E-state index in [0.717, 1.165) is 5.56 Å². The highest BCUT2D eigenvalue weighted by atomic mass is 35.5. The number of amides is 3. The van der Waals surface area contributed by atoms with Gasteiger partial charge in [-0.05, 0) is 55.8 Å². The topological polar surface area (TPSA) is 96.3 Å². The van der Waals surface area contributed by atoms with Crippen molar-refractivity contribution in [2.24, 2.45) is 0 Å². The number of halogens is 2. The molecule has 0 unspecified atom stereocenters. The lowest BCUT2D eigenvalue weighted by Gasteiger charge is -2.12. The van der Waals surface area contributed by atoms with Gasteiger partial charge in [-0.25, -0.2) is 4.79 Å². The summed E-state index contributed by atoms with van der Waals surface area (Å²) in [5.74, 6) is 0.115. The zero-order valence-corrected chi connectivity index (χ0v) is 16.5. The maximum Gasteiger partial charge on any atom is 0.323 e. The summed E-state index contributed by atoms with van der Waals surface area (Å²) in [5.41, 5.74) is 2.77. The van der Waals surface area contributed by atoms with Crippen LogP contribution in [0.25, 0.3) is 0 Å². The van der Waals surface area contributed by atoms with E-state index in [4.69, 9.17) is 27.7 Å². The minimum atomic E-state index is -0.449. The van der Waals surface area contributed by atoms with Gasteiger partial charge in [-0.1, -0.05) is 28.4 Å². The summed E-state index contributed by atoms with van der Waals surface area (Å²) in [6.07, 6.45) is 1.36. The van der Waals surface area contributed by atoms with Gasteiger partial charge < -0.3 is 20.5 Å². The fraction of sp³-hybridized carbons (Fsp3) is 0.105. The fourth-order valence-electron chi connectivity index (χ4n) is 2.51. The van der Waals surface area contributed by atoms with Crippen LogP contribution < -0.4 is 16.0 Å². The zero-order valence-electron chi connectivity index (χ0n) is 15.0. The van der Waals surface area contributed by atoms with Crippen LogP contribution in [0.3, 0.4) is 0 Å². The summed E-state index contributed by atoms with van der Waals surface area (Å²) in [4.78, 5) is 24.4. The maximum atomic E-state index is 12.3. The van der Waals surface area contributed by atoms with E-state index in [1.807, 2.05) is 6.92 Å². The lowest BCUT2D eigenvalue weighted by molar-refractivity contribution is 0.102. The van der Waals surface area contributed by atoms with Gasteiger partial charge in [-0.3, -0.25) is 4.79 Å². The van der Waals surface area contributed by atoms with Crippen LogP contribution in [0.1, 0.15) is 21.7 Å². The second kappa shape index (κ2) is 8.33. The molecule has 3 rings (SSSR count). The van der Waals surface area contributed by atoms with Gasteiger partial charge in [0.1, 0.15) is 11.3 Å². The molecule has 9 heteroatoms. The van der Waals surface area contributed by atoms with E-state index in [-0.39, 0.29) is 5.91 Å². The Morgan fingerprint density at radius 3 is 2.21 bits per heavy atom. The van der Waals surface area contributed by atoms with Crippen LogP contribution in [0.5, 0.6) is 0 Å². The predicted octanol–water partition coefficient (Wildman–Crippen LogP) is 5.49. The monoisotopic (exact) mass is 418 g/mol. The highest BCUT2D eigenvalue weighted by Crippen LogP contribution is 2.24. The minimum absolute atomic E-state index is 0.321. The van der Waals surface area contributed by atoms with Gasteiger partial charge in [0.15, 0.2) is 0 Å². The van der Waals surface area contributed by atoms with E-state index in [1.165, 1.54) is 6.20 Å². The number of carbonyl (C=O) groups excluding carboxylic acids is 2. The number of nitrogens with one attached hydrogen (secondary N) is 3. The molecular formula is C19H16Cl2N4O3. The lowest BCUT2D eigenvalue weighted by atomic mass is 10.1. The Kier molecular flexibility index (Phi) is 5.87. The molecule has 1 heterocycles. The van der Waals surface area contributed by atoms with Gasteiger partial charge >= 0.3 is 6.03 Å². The van der Waals surface area contributed by atoms with Crippen LogP contribution in [-0.4, -0.2) is 17.1 Å². The molecule has 0 radical (unpaired) electrons. The standard InChI is InChI=1S/C19H16Cl2N4O3/c1-10-5-14(23-19(27)24-15-7-12(20)6-13(21)8-15)3-4-17(10)25-18(26)16-9-22-28-11(16)2/h3-9H,1-2H3,(H,25,26)(H2,23,24,27). The highest BCUT2D eigenvalue weighted by molar-refractivity contribution is 6.35. The van der Waals surface area contributed by atoms with Gasteiger partial charge in [0.25, 0.3) is 5.91 Å². The first-order chi connectivity index (χ1) is 13.3. The zero-order chi connectivity index (χ0) is 20.3. The number of aromatic nitrogens is 1. The molecule has 0 aliphatic heterocycles. The summed E-state index contributed by atoms with van der Waals surface area (Å²) in [6.45, 7) is 3.48. The normalized spacial score (nSPS) is 10.4. The van der Waals surface area contributed by atoms with E-state index in [1.54, 1.807) is 43.3 Å². The number of aryl methyl sites for hydroxylation is 2. The summed E-state index contributed by atoms with van der Waals surface area (Å²) in [7, 11) is 0. The van der Waals surface area contributed by atoms with Crippen molar-refractivity contribution in [3.05, 3.63) is 69.5 Å². The first-order valence-corrected chi connectivity index (χ1v) is 8.95. The van der Waals surface area contributed by atoms with Crippen molar-refractivity contribution in [1.82, 2.24) is 5.16 Å². The van der Waals surface area contributed by atoms with Crippen LogP contribution >= 0.6 is 23.2 Å². The molecule has 0 spiro atoms. The number of carbonyl (C=O) groups is 2. The number of anilines is 3. The van der Waals surface area contributed by atoms with Crippen LogP contribution in [-0.2, 0) is 0 Å². The largest absolute Gasteiger partial charge is 0.361 e. The molecule has 3 N–H and O–H groups in total. The molecule has 3 amide bonds. The van der Waals surface area contributed by atoms with Crippen molar-refractivity contribution in [3.8, 4) is 0 Å². The molecule has 0 saturated heterocycles. The van der Waals surface area contributed by atoms with Gasteiger partial charge in [0.2, 0.25) is 0 Å². The molecule has 144 valence electrons. The van der Waals surface area contributed by atoms with E-state index < -0.39 is 6.03 Å². The van der Waals surface area contributed by atoms with Crippen molar-refractivity contribution in [2.45, 2.75) is 13.8 Å². The van der Waals surface area contributed by atoms with Gasteiger partial charge in [-0.15, -0.1) is 0 Å². The molecule has 0 bridgehead atoms. The highest BCUT2D eigenvalue weighted by Gasteiger charge is 2.14. The van der Waals surface area contributed by atoms with Gasteiger partial charge in [0, 0.05) is 27.1 Å². The molecule has 1 aromatic heterocycles. The second-order valence-corrected chi connectivity index (χ2v) is 6.89. The third-order valence-electron chi connectivity index (χ3n) is 3.85. The Labute approximate surface area is 171 Å². The average molecular weight is 419 g/mol. The fourth-order valence-corrected chi connectivity index (χ4v) is 3.03. The summed E-state index contributed by atoms with van der Waals surface area (Å²) < 4.78 is 4.90. The quantitative estimate of drug-likeness (QED) is 0.521. The van der Waals surface area contributed by atoms with E-state index in [9.17, 15) is 9.59 Å². The van der Waals surface area contributed by atoms with E-state index >= 15 is 0 Å². The van der Waals surface area contributed by atoms with Crippen molar-refractivity contribution in [2.75, 3.05) is 16.0 Å². The van der Waals surface area contributed by atoms with Crippen LogP contribution in [0, 0.1) is 13.8 Å². The van der Waals surface area contributed by atoms with Crippen molar-refractivity contribution in [3.63, 3.8) is 0 Å². The minimum Gasteiger partial charge on any atom is -0.361 e. The van der Waals surface area contributed by atoms with Crippen molar-refractivity contribution < 1.29 is 14.1 Å². The Morgan fingerprint density at radius 1 is 0.929 bits per heavy atom. The van der Waals surface area contributed by atoms with Crippen molar-refractivity contribution in [1.29, 1.82) is 0 Å². The molecule has 7 nitrogen and oxygen atoms in total. The van der Waals surface area contributed by atoms with Crippen LogP contribution in [0.2, 0.25) is 10.0 Å². The van der Waals surface area contributed by atoms with Gasteiger partial charge in [-0.2, -0.15) is 0 Å². The van der Waals surface area contributed by atoms with Crippen LogP contribution in [0.4, 0.5) is 21.9 Å². The maximum absolute atomic E-state index is 12.3. The predicted molar refractivity (Wildman–Crippen MR) is 109 cm³/mol. The number of hydrogen-bond donors (Lipinski definition) is 3. The Hall–Kier alpha value is -3.03. The summed E-state index contributed by atoms with van der Waals surface area (Å²) >= 11 is 11.8. The lowest BCUT2D eigenvalue weighted by Crippen LogP contribution is -2.19. The SMILES string of the molecule is Cc1cc(NC(=O)Nc2cc(Cl)cc(Cl)c2)ccc1NC(=O)c1cnoc1C. The summed E-state index contributed by atoms with van der Waals surface area (Å²) in [5, 5.41) is 12.6. The smallest absolute Gasteiger partial charge is 0.323 e. The molecule has 3 aromatic rings. The number of benzene rings is 2. The molecule has 0 aliphatic rings. The molecule has 0 aliphatic carbocycles. The number of rotatable bonds is 4. The van der Waals surface area contributed by atoms with E-state index in [2.05, 4.69) is 21.1 Å². The Morgan fingerprint density at radius 2 is 1.61 bits per heavy atom. The van der Waals surface area contributed by atoms with Crippen LogP contribution in [0.15, 0.2) is 47.1 Å². The summed E-state index contributed by atoms with van der Waals surface area (Å²) in [6, 6.07) is 9.40. The number of hydrogen-bond acceptors (Lipinski definition) is 4. The third kappa shape index (κ3) is 4.82. The van der Waals surface area contributed by atoms with E-state index in [0.29, 0.717) is 38.4 Å². The molecule has 0 atom stereocenters. The first kappa shape index (κ1) is 19.7. The number of urea groups is 1. The molecule has 0 fully saturated rings. The molecule has 0 saturated carbocycles. The average Bonchev–Trinajstić information content (AvgIpc) is 3.02. The third-order valence-corrected chi connectivity index (χ3v) is 4.28. The molecular weight excluding hydrogens is 403 g/mol. The van der Waals surface area contributed by atoms with Crippen molar-refractivity contribution >= 4 is 52.2 Å². The number of nitrogens with zero attached hydrogens (tertiary/aromatic N) is 1. The first-order valence-electron chi connectivity index (χ1n) is 8.19. The van der Waals surface area contributed by atoms with Gasteiger partial charge in [0.05, 0.1) is 6.20 Å². The second-order valence-electron chi connectivity index (χ2n) is 6.02. The Bertz CT molecular complexity index is 1030. The molecule has 28 heavy (non-hydrogen) atoms. The Balaban J connectivity index is 1.65.